The Bertz CT molecular complexity index is 705. The average Bonchev–Trinajstić information content (AvgIpc) is 2.70. The largest absolute Gasteiger partial charge is 0.399 e. The molecule has 2 aliphatic rings. The molecule has 4 rings (SSSR count). The van der Waals surface area contributed by atoms with Gasteiger partial charge in [0.25, 0.3) is 0 Å². The maximum absolute atomic E-state index is 12.4. The van der Waals surface area contributed by atoms with Gasteiger partial charge in [-0.3, -0.25) is 9.78 Å². The van der Waals surface area contributed by atoms with Crippen molar-refractivity contribution in [2.24, 2.45) is 0 Å². The van der Waals surface area contributed by atoms with Crippen molar-refractivity contribution in [1.82, 2.24) is 4.98 Å². The molecule has 100 valence electrons. The summed E-state index contributed by atoms with van der Waals surface area (Å²) in [5.41, 5.74) is 10.3. The summed E-state index contributed by atoms with van der Waals surface area (Å²) >= 11 is 0. The number of fused-ring (bicyclic) bond motifs is 2. The average molecular weight is 265 g/mol. The lowest BCUT2D eigenvalue weighted by Gasteiger charge is -2.36. The van der Waals surface area contributed by atoms with Crippen LogP contribution in [0.2, 0.25) is 0 Å². The molecule has 4 heteroatoms. The fourth-order valence-electron chi connectivity index (χ4n) is 3.31. The number of nitrogens with two attached hydrogens (primary N) is 1. The third-order valence-electron chi connectivity index (χ3n) is 4.53. The second kappa shape index (κ2) is 3.82. The first-order chi connectivity index (χ1) is 9.71. The van der Waals surface area contributed by atoms with E-state index in [4.69, 9.17) is 5.73 Å². The van der Waals surface area contributed by atoms with Crippen LogP contribution in [0, 0.1) is 0 Å². The SMILES string of the molecule is Nc1cc(-c2cccnc2)c2c(c1)C1(CCC1)C(=O)N2. The van der Waals surface area contributed by atoms with Crippen LogP contribution in [0.25, 0.3) is 11.1 Å². The first kappa shape index (κ1) is 11.5. The van der Waals surface area contributed by atoms with Gasteiger partial charge in [-0.2, -0.15) is 0 Å². The molecular formula is C16H15N3O. The third-order valence-corrected chi connectivity index (χ3v) is 4.53. The molecule has 0 radical (unpaired) electrons. The number of nitrogens with zero attached hydrogens (tertiary/aromatic N) is 1. The fraction of sp³-hybridized carbons (Fsp3) is 0.250. The zero-order chi connectivity index (χ0) is 13.7. The molecule has 1 amide bonds. The predicted octanol–water partition coefficient (Wildman–Crippen LogP) is 2.70. The number of amides is 1. The third kappa shape index (κ3) is 1.36. The second-order valence-corrected chi connectivity index (χ2v) is 5.62. The van der Waals surface area contributed by atoms with E-state index < -0.39 is 0 Å². The minimum Gasteiger partial charge on any atom is -0.399 e. The van der Waals surface area contributed by atoms with E-state index in [2.05, 4.69) is 10.3 Å². The van der Waals surface area contributed by atoms with Gasteiger partial charge in [0.15, 0.2) is 0 Å². The van der Waals surface area contributed by atoms with E-state index in [0.717, 1.165) is 41.6 Å². The van der Waals surface area contributed by atoms with E-state index in [0.29, 0.717) is 5.69 Å². The Morgan fingerprint density at radius 3 is 2.80 bits per heavy atom. The number of hydrogen-bond acceptors (Lipinski definition) is 3. The molecule has 1 fully saturated rings. The quantitative estimate of drug-likeness (QED) is 0.779. The Balaban J connectivity index is 1.96. The summed E-state index contributed by atoms with van der Waals surface area (Å²) in [5, 5.41) is 3.06. The molecule has 0 saturated heterocycles. The van der Waals surface area contributed by atoms with Gasteiger partial charge in [-0.1, -0.05) is 12.5 Å². The Morgan fingerprint density at radius 1 is 1.30 bits per heavy atom. The molecule has 1 spiro atoms. The van der Waals surface area contributed by atoms with Crippen molar-refractivity contribution >= 4 is 17.3 Å². The maximum Gasteiger partial charge on any atom is 0.235 e. The lowest BCUT2D eigenvalue weighted by atomic mass is 9.65. The highest BCUT2D eigenvalue weighted by atomic mass is 16.2. The molecule has 1 aromatic heterocycles. The number of hydrogen-bond donors (Lipinski definition) is 2. The molecule has 0 atom stereocenters. The summed E-state index contributed by atoms with van der Waals surface area (Å²) in [7, 11) is 0. The van der Waals surface area contributed by atoms with E-state index in [1.54, 1.807) is 12.4 Å². The zero-order valence-electron chi connectivity index (χ0n) is 11.0. The van der Waals surface area contributed by atoms with Gasteiger partial charge in [0.05, 0.1) is 11.1 Å². The first-order valence-electron chi connectivity index (χ1n) is 6.87. The van der Waals surface area contributed by atoms with Gasteiger partial charge >= 0.3 is 0 Å². The van der Waals surface area contributed by atoms with Crippen LogP contribution in [-0.4, -0.2) is 10.9 Å². The van der Waals surface area contributed by atoms with Crippen LogP contribution < -0.4 is 11.1 Å². The first-order valence-corrected chi connectivity index (χ1v) is 6.87. The van der Waals surface area contributed by atoms with Crippen LogP contribution in [0.4, 0.5) is 11.4 Å². The van der Waals surface area contributed by atoms with Gasteiger partial charge in [0.1, 0.15) is 0 Å². The van der Waals surface area contributed by atoms with Crippen molar-refractivity contribution in [3.8, 4) is 11.1 Å². The number of carbonyl (C=O) groups excluding carboxylic acids is 1. The van der Waals surface area contributed by atoms with E-state index in [-0.39, 0.29) is 11.3 Å². The Labute approximate surface area is 117 Å². The van der Waals surface area contributed by atoms with Crippen LogP contribution in [0.5, 0.6) is 0 Å². The molecule has 3 N–H and O–H groups in total. The van der Waals surface area contributed by atoms with Crippen molar-refractivity contribution in [3.05, 3.63) is 42.2 Å². The second-order valence-electron chi connectivity index (χ2n) is 5.62. The van der Waals surface area contributed by atoms with Gasteiger partial charge in [-0.05, 0) is 36.6 Å². The summed E-state index contributed by atoms with van der Waals surface area (Å²) in [6, 6.07) is 7.74. The standard InChI is InChI=1S/C16H15N3O/c17-11-7-12(10-3-1-6-18-9-10)14-13(8-11)16(4-2-5-16)15(20)19-14/h1,3,6-9H,2,4-5,17H2,(H,19,20). The summed E-state index contributed by atoms with van der Waals surface area (Å²) < 4.78 is 0. The molecule has 2 aromatic rings. The minimum atomic E-state index is -0.332. The summed E-state index contributed by atoms with van der Waals surface area (Å²) in [5.74, 6) is 0.120. The molecule has 0 unspecified atom stereocenters. The number of benzene rings is 1. The minimum absolute atomic E-state index is 0.120. The summed E-state index contributed by atoms with van der Waals surface area (Å²) in [4.78, 5) is 16.5. The smallest absolute Gasteiger partial charge is 0.235 e. The highest BCUT2D eigenvalue weighted by Gasteiger charge is 2.51. The van der Waals surface area contributed by atoms with E-state index in [1.807, 2.05) is 24.3 Å². The molecule has 1 aromatic carbocycles. The Morgan fingerprint density at radius 2 is 2.15 bits per heavy atom. The molecule has 1 saturated carbocycles. The van der Waals surface area contributed by atoms with E-state index in [1.165, 1.54) is 0 Å². The van der Waals surface area contributed by atoms with Gasteiger partial charge in [0.2, 0.25) is 5.91 Å². The number of nitrogen functional groups attached to an aromatic ring is 1. The van der Waals surface area contributed by atoms with Crippen molar-refractivity contribution < 1.29 is 4.79 Å². The number of nitrogens with one attached hydrogen (secondary N) is 1. The molecular weight excluding hydrogens is 250 g/mol. The van der Waals surface area contributed by atoms with Crippen LogP contribution in [-0.2, 0) is 10.2 Å². The van der Waals surface area contributed by atoms with Crippen LogP contribution in [0.3, 0.4) is 0 Å². The van der Waals surface area contributed by atoms with Crippen LogP contribution in [0.1, 0.15) is 24.8 Å². The Hall–Kier alpha value is -2.36. The number of carbonyl (C=O) groups is 1. The van der Waals surface area contributed by atoms with Gasteiger partial charge in [-0.25, -0.2) is 0 Å². The van der Waals surface area contributed by atoms with Gasteiger partial charge < -0.3 is 11.1 Å². The van der Waals surface area contributed by atoms with Gasteiger partial charge in [-0.15, -0.1) is 0 Å². The van der Waals surface area contributed by atoms with Crippen molar-refractivity contribution in [1.29, 1.82) is 0 Å². The molecule has 4 nitrogen and oxygen atoms in total. The molecule has 20 heavy (non-hydrogen) atoms. The predicted molar refractivity (Wildman–Crippen MR) is 78.2 cm³/mol. The monoisotopic (exact) mass is 265 g/mol. The van der Waals surface area contributed by atoms with E-state index in [9.17, 15) is 4.79 Å². The molecule has 2 heterocycles. The summed E-state index contributed by atoms with van der Waals surface area (Å²) in [6.07, 6.45) is 6.47. The maximum atomic E-state index is 12.4. The van der Waals surface area contributed by atoms with Crippen LogP contribution in [0.15, 0.2) is 36.7 Å². The van der Waals surface area contributed by atoms with Crippen molar-refractivity contribution in [2.45, 2.75) is 24.7 Å². The Kier molecular flexibility index (Phi) is 2.19. The van der Waals surface area contributed by atoms with E-state index >= 15 is 0 Å². The topological polar surface area (TPSA) is 68.0 Å². The lowest BCUT2D eigenvalue weighted by Crippen LogP contribution is -2.40. The number of rotatable bonds is 1. The molecule has 1 aliphatic carbocycles. The fourth-order valence-corrected chi connectivity index (χ4v) is 3.31. The molecule has 1 aliphatic heterocycles. The highest BCUT2D eigenvalue weighted by molar-refractivity contribution is 6.10. The van der Waals surface area contributed by atoms with Gasteiger partial charge in [0, 0.05) is 29.2 Å². The lowest BCUT2D eigenvalue weighted by molar-refractivity contribution is -0.123. The number of anilines is 2. The number of pyridine rings is 1. The zero-order valence-corrected chi connectivity index (χ0v) is 11.0. The molecule has 0 bridgehead atoms. The van der Waals surface area contributed by atoms with Crippen molar-refractivity contribution in [2.75, 3.05) is 11.1 Å². The summed E-state index contributed by atoms with van der Waals surface area (Å²) in [6.45, 7) is 0. The highest BCUT2D eigenvalue weighted by Crippen LogP contribution is 2.53. The van der Waals surface area contributed by atoms with Crippen molar-refractivity contribution in [3.63, 3.8) is 0 Å². The normalized spacial score (nSPS) is 18.5. The van der Waals surface area contributed by atoms with Crippen LogP contribution >= 0.6 is 0 Å². The number of aromatic nitrogens is 1.